The summed E-state index contributed by atoms with van der Waals surface area (Å²) in [7, 11) is 0. The van der Waals surface area contributed by atoms with Crippen molar-refractivity contribution in [3.05, 3.63) is 24.3 Å². The zero-order valence-electron chi connectivity index (χ0n) is 16.0. The minimum Gasteiger partial charge on any atom is -0.465 e. The molecule has 0 aromatic carbocycles. The number of hydrogen-bond donors (Lipinski definition) is 0. The van der Waals surface area contributed by atoms with Crippen molar-refractivity contribution in [3.63, 3.8) is 0 Å². The van der Waals surface area contributed by atoms with Gasteiger partial charge in [0.05, 0.1) is 26.2 Å². The Morgan fingerprint density at radius 2 is 1.48 bits per heavy atom. The number of rotatable bonds is 11. The number of unbranched alkanes of at least 4 members (excludes halogenated alkanes) is 2. The SMILES string of the molecule is C/C=C/C(=O)OCC.C=C(CC(=O)OCCCC)C(=O)OCCCC. The summed E-state index contributed by atoms with van der Waals surface area (Å²) in [5.74, 6) is -1.20. The molecule has 0 heterocycles. The van der Waals surface area contributed by atoms with Crippen molar-refractivity contribution >= 4 is 17.9 Å². The first-order valence-corrected chi connectivity index (χ1v) is 8.72. The van der Waals surface area contributed by atoms with Gasteiger partial charge < -0.3 is 14.2 Å². The highest BCUT2D eigenvalue weighted by Crippen LogP contribution is 2.04. The summed E-state index contributed by atoms with van der Waals surface area (Å²) in [5, 5.41) is 0. The van der Waals surface area contributed by atoms with Gasteiger partial charge >= 0.3 is 17.9 Å². The Kier molecular flexibility index (Phi) is 18.3. The molecule has 0 aromatic rings. The van der Waals surface area contributed by atoms with Crippen molar-refractivity contribution in [2.45, 2.75) is 59.8 Å². The zero-order chi connectivity index (χ0) is 19.5. The molecular weight excluding hydrogens is 324 g/mol. The van der Waals surface area contributed by atoms with Crippen LogP contribution in [0.2, 0.25) is 0 Å². The van der Waals surface area contributed by atoms with Crippen molar-refractivity contribution in [2.75, 3.05) is 19.8 Å². The molecule has 0 unspecified atom stereocenters. The highest BCUT2D eigenvalue weighted by Gasteiger charge is 2.13. The molecule has 25 heavy (non-hydrogen) atoms. The highest BCUT2D eigenvalue weighted by molar-refractivity contribution is 5.93. The van der Waals surface area contributed by atoms with E-state index in [1.807, 2.05) is 13.8 Å². The number of carbonyl (C=O) groups is 3. The molecule has 144 valence electrons. The summed E-state index contributed by atoms with van der Waals surface area (Å²) < 4.78 is 14.4. The molecule has 6 heteroatoms. The standard InChI is InChI=1S/C13H22O4.C6H10O2/c1-4-6-8-16-12(14)10-11(3)13(15)17-9-7-5-2;1-3-5-6(7)8-4-2/h3-10H2,1-2H3;3,5H,4H2,1-2H3/b;5-3+. The zero-order valence-corrected chi connectivity index (χ0v) is 16.0. The van der Waals surface area contributed by atoms with Gasteiger partial charge in [0.2, 0.25) is 0 Å². The number of ether oxygens (including phenoxy) is 3. The molecule has 0 spiro atoms. The Morgan fingerprint density at radius 1 is 0.920 bits per heavy atom. The Balaban J connectivity index is 0. The van der Waals surface area contributed by atoms with Gasteiger partial charge in [-0.3, -0.25) is 4.79 Å². The predicted molar refractivity (Wildman–Crippen MR) is 96.9 cm³/mol. The first-order chi connectivity index (χ1) is 11.9. The van der Waals surface area contributed by atoms with Crippen LogP contribution in [-0.4, -0.2) is 37.7 Å². The number of hydrogen-bond acceptors (Lipinski definition) is 6. The molecular formula is C19H32O6. The van der Waals surface area contributed by atoms with Gasteiger partial charge in [-0.05, 0) is 26.7 Å². The maximum absolute atomic E-state index is 11.4. The summed E-state index contributed by atoms with van der Waals surface area (Å²) in [6.07, 6.45) is 6.53. The lowest BCUT2D eigenvalue weighted by Gasteiger charge is -2.07. The highest BCUT2D eigenvalue weighted by atomic mass is 16.5. The maximum atomic E-state index is 11.4. The van der Waals surface area contributed by atoms with E-state index in [0.29, 0.717) is 19.8 Å². The largest absolute Gasteiger partial charge is 0.465 e. The molecule has 0 fully saturated rings. The Hall–Kier alpha value is -2.11. The molecule has 0 aliphatic carbocycles. The summed E-state index contributed by atoms with van der Waals surface area (Å²) in [5.41, 5.74) is 0.155. The van der Waals surface area contributed by atoms with Gasteiger partial charge in [0.15, 0.2) is 0 Å². The van der Waals surface area contributed by atoms with Crippen LogP contribution in [-0.2, 0) is 28.6 Å². The number of allylic oxidation sites excluding steroid dienone is 1. The van der Waals surface area contributed by atoms with Crippen molar-refractivity contribution in [3.8, 4) is 0 Å². The summed E-state index contributed by atoms with van der Waals surface area (Å²) >= 11 is 0. The minimum absolute atomic E-state index is 0.0886. The van der Waals surface area contributed by atoms with Crippen LogP contribution in [0.3, 0.4) is 0 Å². The van der Waals surface area contributed by atoms with Gasteiger partial charge in [0, 0.05) is 11.6 Å². The van der Waals surface area contributed by atoms with E-state index in [9.17, 15) is 14.4 Å². The van der Waals surface area contributed by atoms with Crippen LogP contribution in [0.25, 0.3) is 0 Å². The molecule has 0 rings (SSSR count). The topological polar surface area (TPSA) is 78.9 Å². The lowest BCUT2D eigenvalue weighted by atomic mass is 10.2. The van der Waals surface area contributed by atoms with E-state index in [1.54, 1.807) is 19.9 Å². The summed E-state index contributed by atoms with van der Waals surface area (Å²) in [6, 6.07) is 0. The third kappa shape index (κ3) is 18.1. The molecule has 0 aromatic heterocycles. The fourth-order valence-corrected chi connectivity index (χ4v) is 1.37. The molecule has 0 aliphatic heterocycles. The molecule has 0 radical (unpaired) electrons. The molecule has 6 nitrogen and oxygen atoms in total. The lowest BCUT2D eigenvalue weighted by molar-refractivity contribution is -0.146. The van der Waals surface area contributed by atoms with E-state index in [-0.39, 0.29) is 18.0 Å². The Bertz CT molecular complexity index is 426. The number of carbonyl (C=O) groups excluding carboxylic acids is 3. The van der Waals surface area contributed by atoms with Crippen LogP contribution < -0.4 is 0 Å². The van der Waals surface area contributed by atoms with Gasteiger partial charge in [-0.2, -0.15) is 0 Å². The second-order valence-electron chi connectivity index (χ2n) is 5.10. The maximum Gasteiger partial charge on any atom is 0.333 e. The summed E-state index contributed by atoms with van der Waals surface area (Å²) in [4.78, 5) is 33.0. The van der Waals surface area contributed by atoms with Crippen LogP contribution in [0, 0.1) is 0 Å². The van der Waals surface area contributed by atoms with E-state index in [1.165, 1.54) is 6.08 Å². The first-order valence-electron chi connectivity index (χ1n) is 8.72. The second-order valence-corrected chi connectivity index (χ2v) is 5.10. The van der Waals surface area contributed by atoms with Crippen LogP contribution in [0.15, 0.2) is 24.3 Å². The van der Waals surface area contributed by atoms with Crippen LogP contribution in [0.1, 0.15) is 59.8 Å². The van der Waals surface area contributed by atoms with Crippen LogP contribution in [0.4, 0.5) is 0 Å². The first kappa shape index (κ1) is 25.1. The van der Waals surface area contributed by atoms with E-state index in [2.05, 4.69) is 11.3 Å². The van der Waals surface area contributed by atoms with E-state index in [0.717, 1.165) is 25.7 Å². The van der Waals surface area contributed by atoms with Gasteiger partial charge in [-0.15, -0.1) is 0 Å². The Labute approximate surface area is 151 Å². The van der Waals surface area contributed by atoms with Crippen molar-refractivity contribution < 1.29 is 28.6 Å². The van der Waals surface area contributed by atoms with Crippen LogP contribution >= 0.6 is 0 Å². The third-order valence-corrected chi connectivity index (χ3v) is 2.73. The van der Waals surface area contributed by atoms with Gasteiger partial charge in [0.1, 0.15) is 0 Å². The van der Waals surface area contributed by atoms with E-state index in [4.69, 9.17) is 9.47 Å². The van der Waals surface area contributed by atoms with E-state index < -0.39 is 11.9 Å². The predicted octanol–water partition coefficient (Wildman–Crippen LogP) is 3.74. The summed E-state index contributed by atoms with van der Waals surface area (Å²) in [6.45, 7) is 12.3. The molecule has 0 amide bonds. The normalized spacial score (nSPS) is 9.76. The fraction of sp³-hybridized carbons (Fsp3) is 0.632. The second kappa shape index (κ2) is 18.2. The monoisotopic (exact) mass is 356 g/mol. The number of esters is 3. The molecule has 0 saturated heterocycles. The van der Waals surface area contributed by atoms with Crippen molar-refractivity contribution in [1.29, 1.82) is 0 Å². The smallest absolute Gasteiger partial charge is 0.333 e. The molecule has 0 atom stereocenters. The van der Waals surface area contributed by atoms with Crippen molar-refractivity contribution in [1.82, 2.24) is 0 Å². The average molecular weight is 356 g/mol. The average Bonchev–Trinajstić information content (AvgIpc) is 2.56. The van der Waals surface area contributed by atoms with Gasteiger partial charge in [0.25, 0.3) is 0 Å². The molecule has 0 aliphatic rings. The van der Waals surface area contributed by atoms with Gasteiger partial charge in [-0.1, -0.05) is 39.3 Å². The quantitative estimate of drug-likeness (QED) is 0.243. The molecule has 0 saturated carbocycles. The van der Waals surface area contributed by atoms with E-state index >= 15 is 0 Å². The Morgan fingerprint density at radius 3 is 1.96 bits per heavy atom. The van der Waals surface area contributed by atoms with Crippen molar-refractivity contribution in [2.24, 2.45) is 0 Å². The lowest BCUT2D eigenvalue weighted by Crippen LogP contribution is -2.13. The van der Waals surface area contributed by atoms with Gasteiger partial charge in [-0.25, -0.2) is 9.59 Å². The fourth-order valence-electron chi connectivity index (χ4n) is 1.37. The van der Waals surface area contributed by atoms with Crippen LogP contribution in [0.5, 0.6) is 0 Å². The minimum atomic E-state index is -0.508. The molecule has 0 bridgehead atoms. The third-order valence-electron chi connectivity index (χ3n) is 2.73. The molecule has 0 N–H and O–H groups in total.